The van der Waals surface area contributed by atoms with Crippen LogP contribution in [0.4, 0.5) is 0 Å². The van der Waals surface area contributed by atoms with Gasteiger partial charge in [0.25, 0.3) is 0 Å². The third kappa shape index (κ3) is 16.7. The van der Waals surface area contributed by atoms with Crippen LogP contribution >= 0.6 is 22.7 Å². The smallest absolute Gasteiger partial charge is 0.0491 e. The summed E-state index contributed by atoms with van der Waals surface area (Å²) in [6.07, 6.45) is 43.1. The monoisotopic (exact) mass is 617 g/mol. The van der Waals surface area contributed by atoms with Crippen molar-refractivity contribution < 1.29 is 0 Å². The predicted molar refractivity (Wildman–Crippen MR) is 197 cm³/mol. The van der Waals surface area contributed by atoms with Crippen molar-refractivity contribution in [2.45, 2.75) is 220 Å². The lowest BCUT2D eigenvalue weighted by Crippen LogP contribution is -1.87. The highest BCUT2D eigenvalue weighted by Gasteiger charge is 2.17. The number of aryl methyl sites for hydroxylation is 4. The van der Waals surface area contributed by atoms with Gasteiger partial charge in [0.1, 0.15) is 0 Å². The van der Waals surface area contributed by atoms with Crippen LogP contribution in [0, 0.1) is 13.8 Å². The molecule has 0 radical (unpaired) electrons. The Morgan fingerprint density at radius 3 is 0.762 bits per heavy atom. The molecule has 0 unspecified atom stereocenters. The van der Waals surface area contributed by atoms with E-state index in [0.29, 0.717) is 0 Å². The second kappa shape index (κ2) is 25.9. The van der Waals surface area contributed by atoms with Crippen molar-refractivity contribution >= 4 is 32.1 Å². The van der Waals surface area contributed by atoms with Gasteiger partial charge >= 0.3 is 0 Å². The van der Waals surface area contributed by atoms with Gasteiger partial charge < -0.3 is 0 Å². The van der Waals surface area contributed by atoms with Gasteiger partial charge in [-0.05, 0) is 50.7 Å². The van der Waals surface area contributed by atoms with Crippen LogP contribution in [0.3, 0.4) is 0 Å². The van der Waals surface area contributed by atoms with Crippen LogP contribution in [0.25, 0.3) is 9.40 Å². The van der Waals surface area contributed by atoms with E-state index >= 15 is 0 Å². The Morgan fingerprint density at radius 1 is 0.310 bits per heavy atom. The molecular formula is C40H72S2. The van der Waals surface area contributed by atoms with Crippen LogP contribution in [0.1, 0.15) is 215 Å². The maximum atomic E-state index is 2.39. The molecule has 2 rings (SSSR count). The van der Waals surface area contributed by atoms with Crippen molar-refractivity contribution in [1.82, 2.24) is 0 Å². The first kappa shape index (κ1) is 37.8. The molecule has 42 heavy (non-hydrogen) atoms. The molecule has 0 aliphatic heterocycles. The Balaban J connectivity index is 1.51. The summed E-state index contributed by atoms with van der Waals surface area (Å²) in [4.78, 5) is 3.21. The van der Waals surface area contributed by atoms with E-state index in [0.717, 1.165) is 0 Å². The SMILES string of the molecule is CCCCCCCCCCCCCCCCc1c(C)sc2c(CCCCCCCCCCCCCCCC)c(C)sc12. The van der Waals surface area contributed by atoms with Crippen molar-refractivity contribution in [3.63, 3.8) is 0 Å². The number of unbranched alkanes of at least 4 members (excludes halogenated alkanes) is 26. The van der Waals surface area contributed by atoms with E-state index in [4.69, 9.17) is 0 Å². The van der Waals surface area contributed by atoms with E-state index in [2.05, 4.69) is 50.4 Å². The van der Waals surface area contributed by atoms with E-state index in [1.807, 2.05) is 0 Å². The zero-order valence-electron chi connectivity index (χ0n) is 29.0. The summed E-state index contributed by atoms with van der Waals surface area (Å²) in [5.41, 5.74) is 3.41. The van der Waals surface area contributed by atoms with Crippen molar-refractivity contribution in [2.75, 3.05) is 0 Å². The highest BCUT2D eigenvalue weighted by Crippen LogP contribution is 2.42. The zero-order valence-corrected chi connectivity index (χ0v) is 30.7. The normalized spacial score (nSPS) is 11.8. The molecule has 2 aromatic heterocycles. The maximum Gasteiger partial charge on any atom is 0.0491 e. The highest BCUT2D eigenvalue weighted by molar-refractivity contribution is 7.28. The molecule has 2 heterocycles. The first-order chi connectivity index (χ1) is 20.7. The van der Waals surface area contributed by atoms with E-state index in [-0.39, 0.29) is 0 Å². The average molecular weight is 617 g/mol. The van der Waals surface area contributed by atoms with E-state index < -0.39 is 0 Å². The van der Waals surface area contributed by atoms with Crippen LogP contribution in [0.15, 0.2) is 0 Å². The molecule has 0 saturated carbocycles. The van der Waals surface area contributed by atoms with Crippen molar-refractivity contribution in [3.8, 4) is 0 Å². The highest BCUT2D eigenvalue weighted by atomic mass is 32.1. The lowest BCUT2D eigenvalue weighted by molar-refractivity contribution is 0.535. The molecule has 244 valence electrons. The summed E-state index contributed by atoms with van der Waals surface area (Å²) < 4.78 is 3.31. The van der Waals surface area contributed by atoms with Crippen LogP contribution in [-0.4, -0.2) is 0 Å². The molecule has 0 saturated heterocycles. The molecule has 2 aromatic rings. The number of hydrogen-bond acceptors (Lipinski definition) is 2. The summed E-state index contributed by atoms with van der Waals surface area (Å²) in [7, 11) is 0. The summed E-state index contributed by atoms with van der Waals surface area (Å²) >= 11 is 4.22. The number of thiophene rings is 2. The van der Waals surface area contributed by atoms with Gasteiger partial charge in [-0.3, -0.25) is 0 Å². The Hall–Kier alpha value is -0.340. The fourth-order valence-corrected chi connectivity index (χ4v) is 9.65. The van der Waals surface area contributed by atoms with Gasteiger partial charge in [0.05, 0.1) is 0 Å². The standard InChI is InChI=1S/C40H72S2/c1-5-7-9-11-13-15-17-19-21-23-25-27-29-31-33-37-35(3)41-40-38(36(4)42-39(37)40)34-32-30-28-26-24-22-20-18-16-14-12-10-8-6-2/h5-34H2,1-4H3. The molecule has 0 spiro atoms. The maximum absolute atomic E-state index is 2.39. The van der Waals surface area contributed by atoms with Crippen molar-refractivity contribution in [1.29, 1.82) is 0 Å². The summed E-state index contributed by atoms with van der Waals surface area (Å²) in [6, 6.07) is 0. The molecule has 0 bridgehead atoms. The van der Waals surface area contributed by atoms with Gasteiger partial charge in [-0.1, -0.05) is 181 Å². The van der Waals surface area contributed by atoms with Crippen LogP contribution in [-0.2, 0) is 12.8 Å². The van der Waals surface area contributed by atoms with Crippen LogP contribution < -0.4 is 0 Å². The lowest BCUT2D eigenvalue weighted by Gasteiger charge is -2.04. The van der Waals surface area contributed by atoms with Gasteiger partial charge in [-0.25, -0.2) is 0 Å². The van der Waals surface area contributed by atoms with Crippen LogP contribution in [0.5, 0.6) is 0 Å². The lowest BCUT2D eigenvalue weighted by atomic mass is 10.0. The zero-order chi connectivity index (χ0) is 30.1. The molecule has 0 aromatic carbocycles. The number of rotatable bonds is 30. The van der Waals surface area contributed by atoms with Gasteiger partial charge in [0, 0.05) is 19.2 Å². The fraction of sp³-hybridized carbons (Fsp3) is 0.850. The Labute approximate surface area is 272 Å². The molecular weight excluding hydrogens is 545 g/mol. The molecule has 0 N–H and O–H groups in total. The molecule has 0 aliphatic rings. The minimum atomic E-state index is 1.31. The minimum absolute atomic E-state index is 1.31. The minimum Gasteiger partial charge on any atom is -0.139 e. The van der Waals surface area contributed by atoms with Crippen molar-refractivity contribution in [2.24, 2.45) is 0 Å². The number of fused-ring (bicyclic) bond motifs is 1. The van der Waals surface area contributed by atoms with Gasteiger partial charge in [-0.2, -0.15) is 0 Å². The quantitative estimate of drug-likeness (QED) is 0.0766. The average Bonchev–Trinajstić information content (AvgIpc) is 3.45. The van der Waals surface area contributed by atoms with Gasteiger partial charge in [0.2, 0.25) is 0 Å². The van der Waals surface area contributed by atoms with E-state index in [9.17, 15) is 0 Å². The van der Waals surface area contributed by atoms with Gasteiger partial charge in [0.15, 0.2) is 0 Å². The largest absolute Gasteiger partial charge is 0.139 e. The van der Waals surface area contributed by atoms with Gasteiger partial charge in [-0.15, -0.1) is 22.7 Å². The first-order valence-corrected chi connectivity index (χ1v) is 20.8. The summed E-state index contributed by atoms with van der Waals surface area (Å²) in [5, 5.41) is 0. The number of hydrogen-bond donors (Lipinski definition) is 0. The second-order valence-electron chi connectivity index (χ2n) is 13.6. The summed E-state index contributed by atoms with van der Waals surface area (Å²) in [5.74, 6) is 0. The van der Waals surface area contributed by atoms with E-state index in [1.54, 1.807) is 30.3 Å². The molecule has 0 amide bonds. The molecule has 2 heteroatoms. The molecule has 0 atom stereocenters. The third-order valence-electron chi connectivity index (χ3n) is 9.68. The molecule has 0 fully saturated rings. The Bertz CT molecular complexity index is 800. The fourth-order valence-electron chi connectivity index (χ4n) is 6.81. The van der Waals surface area contributed by atoms with E-state index in [1.165, 1.54) is 193 Å². The Kier molecular flexibility index (Phi) is 23.4. The van der Waals surface area contributed by atoms with Crippen molar-refractivity contribution in [3.05, 3.63) is 20.9 Å². The summed E-state index contributed by atoms with van der Waals surface area (Å²) in [6.45, 7) is 9.40. The Morgan fingerprint density at radius 2 is 0.524 bits per heavy atom. The molecule has 0 aliphatic carbocycles. The second-order valence-corrected chi connectivity index (χ2v) is 16.1. The topological polar surface area (TPSA) is 0 Å². The first-order valence-electron chi connectivity index (χ1n) is 19.2. The third-order valence-corrected chi connectivity index (χ3v) is 12.2. The van der Waals surface area contributed by atoms with Crippen LogP contribution in [0.2, 0.25) is 0 Å². The predicted octanol–water partition coefficient (Wildman–Crippen LogP) is 15.6. The molecule has 0 nitrogen and oxygen atoms in total.